The van der Waals surface area contributed by atoms with Crippen LogP contribution < -0.4 is 15.9 Å². The lowest BCUT2D eigenvalue weighted by molar-refractivity contribution is 1.59. The molecule has 260 valence electrons. The third kappa shape index (κ3) is 6.86. The van der Waals surface area contributed by atoms with Gasteiger partial charge >= 0.3 is 0 Å². The minimum atomic E-state index is -1.20. The van der Waals surface area contributed by atoms with Crippen molar-refractivity contribution in [2.75, 3.05) is 0 Å². The Morgan fingerprint density at radius 1 is 0.182 bits per heavy atom. The van der Waals surface area contributed by atoms with E-state index in [1.54, 1.807) is 0 Å². The first-order valence-corrected chi connectivity index (χ1v) is 20.2. The van der Waals surface area contributed by atoms with Crippen LogP contribution in [0.3, 0.4) is 0 Å². The van der Waals surface area contributed by atoms with Gasteiger partial charge in [-0.15, -0.1) is 0 Å². The van der Waals surface area contributed by atoms with Crippen LogP contribution in [-0.2, 0) is 0 Å². The van der Waals surface area contributed by atoms with Gasteiger partial charge in [0.25, 0.3) is 0 Å². The molecule has 0 aliphatic carbocycles. The molecule has 9 aromatic rings. The zero-order chi connectivity index (χ0) is 36.8. The van der Waals surface area contributed by atoms with Gasteiger partial charge in [0.2, 0.25) is 0 Å². The first-order chi connectivity index (χ1) is 27.3. The van der Waals surface area contributed by atoms with Crippen molar-refractivity contribution in [2.24, 2.45) is 0 Å². The second-order valence-corrected chi connectivity index (χ2v) is 15.7. The Labute approximate surface area is 325 Å². The molecule has 0 amide bonds. The molecule has 1 heteroatoms. The summed E-state index contributed by atoms with van der Waals surface area (Å²) >= 11 is 0. The fraction of sp³-hybridized carbons (Fsp3) is 0. The van der Waals surface area contributed by atoms with Crippen LogP contribution in [0.5, 0.6) is 0 Å². The zero-order valence-electron chi connectivity index (χ0n) is 30.5. The Bertz CT molecular complexity index is 2350. The van der Waals surface area contributed by atoms with Crippen LogP contribution in [0, 0.1) is 0 Å². The monoisotopic (exact) mass is 718 g/mol. The quantitative estimate of drug-likeness (QED) is 0.130. The van der Waals surface area contributed by atoms with Gasteiger partial charge in [0.1, 0.15) is 0 Å². The third-order valence-electron chi connectivity index (χ3n) is 10.3. The van der Waals surface area contributed by atoms with Crippen molar-refractivity contribution in [1.29, 1.82) is 0 Å². The fourth-order valence-electron chi connectivity index (χ4n) is 7.87. The lowest BCUT2D eigenvalue weighted by Gasteiger charge is -2.30. The molecule has 0 aromatic heterocycles. The Morgan fingerprint density at radius 2 is 0.400 bits per heavy atom. The van der Waals surface area contributed by atoms with Crippen molar-refractivity contribution < 1.29 is 0 Å². The average molecular weight is 719 g/mol. The number of benzene rings is 9. The van der Waals surface area contributed by atoms with Crippen LogP contribution >= 0.6 is 7.92 Å². The minimum absolute atomic E-state index is 1.20. The van der Waals surface area contributed by atoms with E-state index in [1.807, 2.05) is 0 Å². The first-order valence-electron chi connectivity index (χ1n) is 18.9. The van der Waals surface area contributed by atoms with E-state index >= 15 is 0 Å². The van der Waals surface area contributed by atoms with Gasteiger partial charge in [-0.25, -0.2) is 0 Å². The maximum Gasteiger partial charge on any atom is -0.00217 e. The van der Waals surface area contributed by atoms with Gasteiger partial charge in [-0.3, -0.25) is 0 Å². The SMILES string of the molecule is c1ccc(-c2cccc(P(c3cccc(-c4ccccc4)c3-c3ccccc3)c3cccc(-c4ccccc4)c3-c3ccccc3)c2-c2ccccc2)cc1. The standard InChI is InChI=1S/C54H39P/c1-7-22-40(23-8-1)46-34-19-37-49(52(46)43-28-13-4-14-29-43)55(50-38-20-35-47(41-24-9-2-10-25-41)53(50)44-30-15-5-16-31-44)51-39-21-36-48(42-26-11-3-12-27-42)54(51)45-32-17-6-18-33-45/h1-39H. The summed E-state index contributed by atoms with van der Waals surface area (Å²) in [4.78, 5) is 0. The van der Waals surface area contributed by atoms with E-state index < -0.39 is 7.92 Å². The Kier molecular flexibility index (Phi) is 9.82. The second-order valence-electron chi connectivity index (χ2n) is 13.6. The summed E-state index contributed by atoms with van der Waals surface area (Å²) in [7, 11) is -1.20. The van der Waals surface area contributed by atoms with Crippen molar-refractivity contribution in [2.45, 2.75) is 0 Å². The Morgan fingerprint density at radius 3 is 0.636 bits per heavy atom. The van der Waals surface area contributed by atoms with Gasteiger partial charge in [0, 0.05) is 0 Å². The summed E-state index contributed by atoms with van der Waals surface area (Å²) in [5.74, 6) is 0. The van der Waals surface area contributed by atoms with E-state index in [-0.39, 0.29) is 0 Å². The molecule has 0 bridgehead atoms. The molecule has 9 rings (SSSR count). The number of rotatable bonds is 9. The smallest absolute Gasteiger partial charge is 0.00217 e. The van der Waals surface area contributed by atoms with Crippen LogP contribution in [0.15, 0.2) is 237 Å². The summed E-state index contributed by atoms with van der Waals surface area (Å²) < 4.78 is 0. The second kappa shape index (κ2) is 15.8. The highest BCUT2D eigenvalue weighted by atomic mass is 31.1. The lowest BCUT2D eigenvalue weighted by atomic mass is 9.94. The maximum atomic E-state index is 2.40. The molecule has 0 radical (unpaired) electrons. The van der Waals surface area contributed by atoms with Crippen molar-refractivity contribution in [1.82, 2.24) is 0 Å². The van der Waals surface area contributed by atoms with Gasteiger partial charge in [-0.05, 0) is 90.6 Å². The van der Waals surface area contributed by atoms with Crippen molar-refractivity contribution in [3.8, 4) is 66.8 Å². The van der Waals surface area contributed by atoms with Gasteiger partial charge in [0.15, 0.2) is 0 Å². The topological polar surface area (TPSA) is 0 Å². The van der Waals surface area contributed by atoms with Crippen molar-refractivity contribution in [3.63, 3.8) is 0 Å². The largest absolute Gasteiger partial charge is 0.0622 e. The predicted molar refractivity (Wildman–Crippen MR) is 238 cm³/mol. The molecule has 0 fully saturated rings. The average Bonchev–Trinajstić information content (AvgIpc) is 3.28. The molecule has 0 nitrogen and oxygen atoms in total. The summed E-state index contributed by atoms with van der Waals surface area (Å²) in [5.41, 5.74) is 14.8. The van der Waals surface area contributed by atoms with E-state index in [0.717, 1.165) is 0 Å². The molecule has 0 saturated carbocycles. The van der Waals surface area contributed by atoms with E-state index in [2.05, 4.69) is 237 Å². The lowest BCUT2D eigenvalue weighted by Crippen LogP contribution is -2.26. The van der Waals surface area contributed by atoms with Crippen LogP contribution in [0.1, 0.15) is 0 Å². The maximum absolute atomic E-state index is 2.40. The summed E-state index contributed by atoms with van der Waals surface area (Å²) in [6.07, 6.45) is 0. The summed E-state index contributed by atoms with van der Waals surface area (Å²) in [6.45, 7) is 0. The highest BCUT2D eigenvalue weighted by Gasteiger charge is 2.30. The normalized spacial score (nSPS) is 11.1. The molecule has 0 saturated heterocycles. The molecule has 0 atom stereocenters. The van der Waals surface area contributed by atoms with Crippen LogP contribution in [0.2, 0.25) is 0 Å². The van der Waals surface area contributed by atoms with E-state index in [9.17, 15) is 0 Å². The molecule has 9 aromatic carbocycles. The van der Waals surface area contributed by atoms with Crippen LogP contribution in [0.25, 0.3) is 66.8 Å². The van der Waals surface area contributed by atoms with E-state index in [4.69, 9.17) is 0 Å². The highest BCUT2D eigenvalue weighted by Crippen LogP contribution is 2.48. The van der Waals surface area contributed by atoms with Crippen LogP contribution in [0.4, 0.5) is 0 Å². The zero-order valence-corrected chi connectivity index (χ0v) is 31.4. The molecule has 0 spiro atoms. The molecular formula is C54H39P. The van der Waals surface area contributed by atoms with Gasteiger partial charge in [-0.2, -0.15) is 0 Å². The third-order valence-corrected chi connectivity index (χ3v) is 12.9. The highest BCUT2D eigenvalue weighted by molar-refractivity contribution is 7.80. The van der Waals surface area contributed by atoms with Gasteiger partial charge < -0.3 is 0 Å². The molecular weight excluding hydrogens is 680 g/mol. The van der Waals surface area contributed by atoms with E-state index in [0.29, 0.717) is 0 Å². The first kappa shape index (κ1) is 34.2. The van der Waals surface area contributed by atoms with Crippen molar-refractivity contribution >= 4 is 23.8 Å². The Hall–Kier alpha value is -6.59. The number of hydrogen-bond acceptors (Lipinski definition) is 0. The molecule has 0 aliphatic rings. The van der Waals surface area contributed by atoms with Gasteiger partial charge in [0.05, 0.1) is 0 Å². The van der Waals surface area contributed by atoms with Crippen molar-refractivity contribution in [3.05, 3.63) is 237 Å². The van der Waals surface area contributed by atoms with Gasteiger partial charge in [-0.1, -0.05) is 237 Å². The molecule has 0 heterocycles. The Balaban J connectivity index is 1.45. The number of hydrogen-bond donors (Lipinski definition) is 0. The molecule has 0 N–H and O–H groups in total. The molecule has 55 heavy (non-hydrogen) atoms. The molecule has 0 unspecified atom stereocenters. The van der Waals surface area contributed by atoms with E-state index in [1.165, 1.54) is 82.7 Å². The van der Waals surface area contributed by atoms with Crippen LogP contribution in [-0.4, -0.2) is 0 Å². The summed E-state index contributed by atoms with van der Waals surface area (Å²) in [6, 6.07) is 86.5. The summed E-state index contributed by atoms with van der Waals surface area (Å²) in [5, 5.41) is 3.98. The molecule has 0 aliphatic heterocycles. The fourth-order valence-corrected chi connectivity index (χ4v) is 10.8. The minimum Gasteiger partial charge on any atom is -0.0622 e. The predicted octanol–water partition coefficient (Wildman–Crippen LogP) is 13.4.